The van der Waals surface area contributed by atoms with Crippen molar-refractivity contribution in [2.45, 2.75) is 44.6 Å². The molecule has 1 amide bonds. The second kappa shape index (κ2) is 8.67. The lowest BCUT2D eigenvalue weighted by Gasteiger charge is -2.17. The number of rotatable bonds is 8. The summed E-state index contributed by atoms with van der Waals surface area (Å²) in [6, 6.07) is 7.58. The summed E-state index contributed by atoms with van der Waals surface area (Å²) in [7, 11) is 0. The highest BCUT2D eigenvalue weighted by Gasteiger charge is 2.15. The minimum absolute atomic E-state index is 0.249. The lowest BCUT2D eigenvalue weighted by molar-refractivity contribution is -0.123. The van der Waals surface area contributed by atoms with E-state index in [-0.39, 0.29) is 6.42 Å². The van der Waals surface area contributed by atoms with E-state index in [1.165, 1.54) is 0 Å². The number of benzene rings is 1. The average molecular weight is 266 g/mol. The quantitative estimate of drug-likeness (QED) is 0.618. The van der Waals surface area contributed by atoms with Crippen LogP contribution in [-0.2, 0) is 11.2 Å². The molecule has 4 heteroatoms. The predicted molar refractivity (Wildman–Crippen MR) is 78.6 cm³/mol. The van der Waals surface area contributed by atoms with Gasteiger partial charge in [-0.25, -0.2) is 0 Å². The van der Waals surface area contributed by atoms with Gasteiger partial charge in [-0.2, -0.15) is 0 Å². The fourth-order valence-electron chi connectivity index (χ4n) is 1.82. The second-order valence-electron chi connectivity index (χ2n) is 4.64. The third-order valence-electron chi connectivity index (χ3n) is 2.91. The van der Waals surface area contributed by atoms with Crippen LogP contribution in [0.25, 0.3) is 0 Å². The topological polar surface area (TPSA) is 81.1 Å². The van der Waals surface area contributed by atoms with Crippen LogP contribution in [-0.4, -0.2) is 24.5 Å². The van der Waals surface area contributed by atoms with E-state index in [0.29, 0.717) is 13.0 Å². The molecule has 0 heterocycles. The van der Waals surface area contributed by atoms with Gasteiger partial charge in [0.2, 0.25) is 5.91 Å². The van der Waals surface area contributed by atoms with Gasteiger partial charge in [-0.15, -0.1) is 0 Å². The van der Waals surface area contributed by atoms with Crippen LogP contribution in [0.15, 0.2) is 30.3 Å². The summed E-state index contributed by atoms with van der Waals surface area (Å²) in [6.07, 6.45) is 2.30. The first-order valence-corrected chi connectivity index (χ1v) is 6.64. The molecule has 0 radical (unpaired) electrons. The highest BCUT2D eigenvalue weighted by molar-refractivity contribution is 5.81. The molecule has 0 saturated heterocycles. The molecule has 0 bridgehead atoms. The molecule has 0 aliphatic heterocycles. The van der Waals surface area contributed by atoms with Crippen LogP contribution >= 0.6 is 0 Å². The molecule has 2 atom stereocenters. The minimum Gasteiger partial charge on any atom is -0.352 e. The van der Waals surface area contributed by atoms with Gasteiger partial charge in [-0.05, 0) is 38.2 Å². The maximum Gasteiger partial charge on any atom is 0.237 e. The molecule has 1 rings (SSSR count). The van der Waals surface area contributed by atoms with Crippen molar-refractivity contribution in [2.24, 2.45) is 11.5 Å². The van der Waals surface area contributed by atoms with Crippen molar-refractivity contribution in [1.82, 2.24) is 5.32 Å². The normalized spacial score (nSPS) is 16.8. The Hall–Kier alpha value is -1.39. The van der Waals surface area contributed by atoms with E-state index in [1.807, 2.05) is 30.3 Å². The standard InChI is InChI=1S/C15H25N3O/c1-12(11-13-7-3-2-4-8-13)18-15(19)14(17)9-5-6-10-16/h2-4,7-8,12,14H,5-6,9-11,16-17H2,1H3,(H,18,19)/t12-,14+/m0/s1/i1D3. The summed E-state index contributed by atoms with van der Waals surface area (Å²) < 4.78 is 22.8. The predicted octanol–water partition coefficient (Wildman–Crippen LogP) is 1.19. The molecule has 0 aromatic heterocycles. The van der Waals surface area contributed by atoms with E-state index in [1.54, 1.807) is 0 Å². The average Bonchev–Trinajstić information content (AvgIpc) is 2.46. The van der Waals surface area contributed by atoms with Gasteiger partial charge >= 0.3 is 0 Å². The Kier molecular flexibility index (Phi) is 5.22. The van der Waals surface area contributed by atoms with Crippen molar-refractivity contribution in [3.63, 3.8) is 0 Å². The first kappa shape index (κ1) is 11.4. The SMILES string of the molecule is [2H]C([2H])([2H])[C@@H](Cc1ccccc1)NC(=O)[C@H](N)CCCCN. The third-order valence-corrected chi connectivity index (χ3v) is 2.91. The van der Waals surface area contributed by atoms with Gasteiger partial charge in [0, 0.05) is 10.2 Å². The Morgan fingerprint density at radius 2 is 2.11 bits per heavy atom. The summed E-state index contributed by atoms with van der Waals surface area (Å²) >= 11 is 0. The monoisotopic (exact) mass is 266 g/mol. The summed E-state index contributed by atoms with van der Waals surface area (Å²) in [5, 5.41) is 2.57. The van der Waals surface area contributed by atoms with E-state index in [0.717, 1.165) is 18.4 Å². The summed E-state index contributed by atoms with van der Waals surface area (Å²) in [6.45, 7) is -1.72. The smallest absolute Gasteiger partial charge is 0.237 e. The van der Waals surface area contributed by atoms with Crippen LogP contribution in [0.2, 0.25) is 0 Å². The molecule has 0 unspecified atom stereocenters. The Morgan fingerprint density at radius 1 is 1.37 bits per heavy atom. The van der Waals surface area contributed by atoms with E-state index in [2.05, 4.69) is 5.32 Å². The molecule has 5 N–H and O–H groups in total. The molecule has 1 aromatic rings. The number of hydrogen-bond acceptors (Lipinski definition) is 3. The fraction of sp³-hybridized carbons (Fsp3) is 0.533. The molecular formula is C15H25N3O. The molecule has 1 aromatic carbocycles. The second-order valence-corrected chi connectivity index (χ2v) is 4.64. The number of amides is 1. The minimum atomic E-state index is -2.28. The van der Waals surface area contributed by atoms with Gasteiger partial charge in [0.1, 0.15) is 0 Å². The Labute approximate surface area is 119 Å². The Balaban J connectivity index is 2.63. The maximum absolute atomic E-state index is 12.1. The number of carbonyl (C=O) groups excluding carboxylic acids is 1. The van der Waals surface area contributed by atoms with Gasteiger partial charge in [-0.1, -0.05) is 36.8 Å². The van der Waals surface area contributed by atoms with Crippen LogP contribution < -0.4 is 16.8 Å². The van der Waals surface area contributed by atoms with Gasteiger partial charge in [0.25, 0.3) is 0 Å². The molecule has 0 spiro atoms. The van der Waals surface area contributed by atoms with Gasteiger partial charge in [0.05, 0.1) is 6.04 Å². The first-order chi connectivity index (χ1) is 10.3. The summed E-state index contributed by atoms with van der Waals surface area (Å²) in [4.78, 5) is 12.1. The van der Waals surface area contributed by atoms with E-state index in [4.69, 9.17) is 15.6 Å². The molecule has 106 valence electrons. The molecule has 0 aliphatic carbocycles. The molecule has 19 heavy (non-hydrogen) atoms. The molecule has 0 aliphatic rings. The van der Waals surface area contributed by atoms with Crippen LogP contribution in [0.5, 0.6) is 0 Å². The third kappa shape index (κ3) is 6.36. The van der Waals surface area contributed by atoms with Crippen molar-refractivity contribution in [2.75, 3.05) is 6.54 Å². The van der Waals surface area contributed by atoms with Crippen LogP contribution in [0, 0.1) is 0 Å². The van der Waals surface area contributed by atoms with Crippen molar-refractivity contribution >= 4 is 5.91 Å². The molecule has 0 saturated carbocycles. The van der Waals surface area contributed by atoms with Crippen molar-refractivity contribution < 1.29 is 8.91 Å². The number of hydrogen-bond donors (Lipinski definition) is 3. The largest absolute Gasteiger partial charge is 0.352 e. The highest BCUT2D eigenvalue weighted by atomic mass is 16.2. The summed E-state index contributed by atoms with van der Waals surface area (Å²) in [5.41, 5.74) is 12.1. The van der Waals surface area contributed by atoms with Gasteiger partial charge < -0.3 is 16.8 Å². The van der Waals surface area contributed by atoms with Gasteiger partial charge in [0.15, 0.2) is 0 Å². The molecule has 0 fully saturated rings. The van der Waals surface area contributed by atoms with Crippen LogP contribution in [0.4, 0.5) is 0 Å². The van der Waals surface area contributed by atoms with Crippen LogP contribution in [0.3, 0.4) is 0 Å². The first-order valence-electron chi connectivity index (χ1n) is 8.14. The van der Waals surface area contributed by atoms with Crippen molar-refractivity contribution in [3.8, 4) is 0 Å². The molecule has 4 nitrogen and oxygen atoms in total. The highest BCUT2D eigenvalue weighted by Crippen LogP contribution is 2.04. The van der Waals surface area contributed by atoms with Crippen LogP contribution in [0.1, 0.15) is 35.8 Å². The van der Waals surface area contributed by atoms with E-state index < -0.39 is 24.8 Å². The van der Waals surface area contributed by atoms with Gasteiger partial charge in [-0.3, -0.25) is 4.79 Å². The lowest BCUT2D eigenvalue weighted by Crippen LogP contribution is -2.45. The maximum atomic E-state index is 12.1. The zero-order chi connectivity index (χ0) is 16.6. The van der Waals surface area contributed by atoms with Crippen molar-refractivity contribution in [1.29, 1.82) is 0 Å². The van der Waals surface area contributed by atoms with E-state index in [9.17, 15) is 4.79 Å². The summed E-state index contributed by atoms with van der Waals surface area (Å²) in [5.74, 6) is -0.422. The number of nitrogens with one attached hydrogen (secondary N) is 1. The Morgan fingerprint density at radius 3 is 2.74 bits per heavy atom. The number of carbonyl (C=O) groups is 1. The lowest BCUT2D eigenvalue weighted by atomic mass is 10.1. The zero-order valence-corrected chi connectivity index (χ0v) is 11.1. The Bertz CT molecular complexity index is 451. The van der Waals surface area contributed by atoms with Crippen molar-refractivity contribution in [3.05, 3.63) is 35.9 Å². The van der Waals surface area contributed by atoms with E-state index >= 15 is 0 Å². The number of unbranched alkanes of at least 4 members (excludes halogenated alkanes) is 1. The molecular weight excluding hydrogens is 238 g/mol. The number of nitrogens with two attached hydrogens (primary N) is 2. The zero-order valence-electron chi connectivity index (χ0n) is 14.1. The fourth-order valence-corrected chi connectivity index (χ4v) is 1.82.